The number of rotatable bonds is 4. The van der Waals surface area contributed by atoms with Crippen LogP contribution in [0.25, 0.3) is 0 Å². The molecule has 1 N–H and O–H groups in total. The van der Waals surface area contributed by atoms with Crippen molar-refractivity contribution in [2.24, 2.45) is 13.0 Å². The quantitative estimate of drug-likeness (QED) is 0.875. The van der Waals surface area contributed by atoms with Gasteiger partial charge in [-0.3, -0.25) is 4.68 Å². The maximum atomic E-state index is 10.5. The van der Waals surface area contributed by atoms with Gasteiger partial charge in [0.05, 0.1) is 11.8 Å². The number of hydrogen-bond acceptors (Lipinski definition) is 2. The smallest absolute Gasteiger partial charge is 0.0851 e. The van der Waals surface area contributed by atoms with E-state index in [0.29, 0.717) is 5.92 Å². The molecule has 1 unspecified atom stereocenters. The molecule has 1 heterocycles. The summed E-state index contributed by atoms with van der Waals surface area (Å²) in [6.07, 6.45) is 3.56. The van der Waals surface area contributed by atoms with Gasteiger partial charge in [-0.2, -0.15) is 5.10 Å². The van der Waals surface area contributed by atoms with Crippen molar-refractivity contribution in [3.63, 3.8) is 0 Å². The summed E-state index contributed by atoms with van der Waals surface area (Å²) in [5.41, 5.74) is 1.98. The van der Waals surface area contributed by atoms with Gasteiger partial charge in [-0.15, -0.1) is 0 Å². The summed E-state index contributed by atoms with van der Waals surface area (Å²) in [4.78, 5) is 0. The van der Waals surface area contributed by atoms with Crippen molar-refractivity contribution in [1.82, 2.24) is 9.78 Å². The molecule has 0 saturated heterocycles. The van der Waals surface area contributed by atoms with E-state index in [2.05, 4.69) is 39.7 Å². The first kappa shape index (κ1) is 14.2. The lowest BCUT2D eigenvalue weighted by Gasteiger charge is -2.24. The fourth-order valence-electron chi connectivity index (χ4n) is 2.30. The van der Waals surface area contributed by atoms with Crippen molar-refractivity contribution in [3.8, 4) is 0 Å². The molecule has 1 aromatic heterocycles. The topological polar surface area (TPSA) is 38.0 Å². The van der Waals surface area contributed by atoms with Crippen molar-refractivity contribution in [3.05, 3.63) is 17.5 Å². The van der Waals surface area contributed by atoms with E-state index in [1.807, 2.05) is 17.9 Å². The predicted octanol–water partition coefficient (Wildman–Crippen LogP) is 3.19. The van der Waals surface area contributed by atoms with Crippen molar-refractivity contribution in [1.29, 1.82) is 0 Å². The number of aliphatic hydroxyl groups excluding tert-OH is 1. The Morgan fingerprint density at radius 2 is 1.82 bits per heavy atom. The Balaban J connectivity index is 3.13. The summed E-state index contributed by atoms with van der Waals surface area (Å²) in [5, 5.41) is 15.0. The van der Waals surface area contributed by atoms with Crippen LogP contribution < -0.4 is 0 Å². The van der Waals surface area contributed by atoms with Gasteiger partial charge in [0.2, 0.25) is 0 Å². The first-order valence-electron chi connectivity index (χ1n) is 6.53. The average Bonchev–Trinajstić information content (AvgIpc) is 2.61. The highest BCUT2D eigenvalue weighted by molar-refractivity contribution is 5.26. The Morgan fingerprint density at radius 1 is 1.29 bits per heavy atom. The van der Waals surface area contributed by atoms with Crippen LogP contribution in [0.1, 0.15) is 64.8 Å². The van der Waals surface area contributed by atoms with Crippen LogP contribution >= 0.6 is 0 Å². The normalized spacial score (nSPS) is 14.4. The van der Waals surface area contributed by atoms with Crippen LogP contribution in [-0.2, 0) is 12.5 Å². The molecular formula is C14H26N2O. The van der Waals surface area contributed by atoms with Gasteiger partial charge in [0.25, 0.3) is 0 Å². The van der Waals surface area contributed by atoms with Gasteiger partial charge in [-0.05, 0) is 5.92 Å². The summed E-state index contributed by atoms with van der Waals surface area (Å²) in [6.45, 7) is 10.7. The lowest BCUT2D eigenvalue weighted by Crippen LogP contribution is -2.19. The van der Waals surface area contributed by atoms with Crippen LogP contribution in [0.15, 0.2) is 6.20 Å². The van der Waals surface area contributed by atoms with Gasteiger partial charge in [-0.1, -0.05) is 47.5 Å². The first-order valence-corrected chi connectivity index (χ1v) is 6.53. The van der Waals surface area contributed by atoms with E-state index < -0.39 is 6.10 Å². The molecule has 0 aliphatic carbocycles. The highest BCUT2D eigenvalue weighted by Gasteiger charge is 2.28. The van der Waals surface area contributed by atoms with Crippen molar-refractivity contribution in [2.75, 3.05) is 0 Å². The highest BCUT2D eigenvalue weighted by Crippen LogP contribution is 2.34. The van der Waals surface area contributed by atoms with E-state index >= 15 is 0 Å². The van der Waals surface area contributed by atoms with E-state index in [9.17, 15) is 5.11 Å². The van der Waals surface area contributed by atoms with Crippen LogP contribution in [0.2, 0.25) is 0 Å². The Labute approximate surface area is 105 Å². The van der Waals surface area contributed by atoms with Crippen LogP contribution in [0.4, 0.5) is 0 Å². The molecule has 0 aliphatic rings. The highest BCUT2D eigenvalue weighted by atomic mass is 16.3. The molecule has 98 valence electrons. The molecule has 0 aliphatic heterocycles. The average molecular weight is 238 g/mol. The summed E-state index contributed by atoms with van der Waals surface area (Å²) in [6, 6.07) is 0. The van der Waals surface area contributed by atoms with Gasteiger partial charge in [0, 0.05) is 24.2 Å². The Kier molecular flexibility index (Phi) is 4.36. The third-order valence-electron chi connectivity index (χ3n) is 3.38. The molecular weight excluding hydrogens is 212 g/mol. The third kappa shape index (κ3) is 3.09. The second kappa shape index (κ2) is 5.21. The number of aryl methyl sites for hydroxylation is 1. The Morgan fingerprint density at radius 3 is 2.24 bits per heavy atom. The van der Waals surface area contributed by atoms with Gasteiger partial charge in [0.15, 0.2) is 0 Å². The molecule has 0 aromatic carbocycles. The Bertz CT molecular complexity index is 359. The van der Waals surface area contributed by atoms with E-state index in [4.69, 9.17) is 0 Å². The van der Waals surface area contributed by atoms with E-state index in [1.54, 1.807) is 0 Å². The molecule has 0 radical (unpaired) electrons. The second-order valence-electron chi connectivity index (χ2n) is 5.88. The SMILES string of the molecule is CCC(CC)C(O)c1cn(C)nc1C(C)(C)C. The number of aliphatic hydroxyl groups is 1. The molecule has 17 heavy (non-hydrogen) atoms. The van der Waals surface area contributed by atoms with Crippen molar-refractivity contribution >= 4 is 0 Å². The minimum atomic E-state index is -0.395. The molecule has 1 atom stereocenters. The van der Waals surface area contributed by atoms with Crippen LogP contribution in [0.3, 0.4) is 0 Å². The third-order valence-corrected chi connectivity index (χ3v) is 3.38. The summed E-state index contributed by atoms with van der Waals surface area (Å²) < 4.78 is 1.81. The minimum Gasteiger partial charge on any atom is -0.388 e. The zero-order valence-corrected chi connectivity index (χ0v) is 12.0. The van der Waals surface area contributed by atoms with E-state index in [1.165, 1.54) is 0 Å². The van der Waals surface area contributed by atoms with Gasteiger partial charge in [0.1, 0.15) is 0 Å². The minimum absolute atomic E-state index is 0.0242. The lowest BCUT2D eigenvalue weighted by molar-refractivity contribution is 0.101. The number of aromatic nitrogens is 2. The van der Waals surface area contributed by atoms with Crippen LogP contribution in [-0.4, -0.2) is 14.9 Å². The predicted molar refractivity (Wildman–Crippen MR) is 70.9 cm³/mol. The number of nitrogens with zero attached hydrogens (tertiary/aromatic N) is 2. The van der Waals surface area contributed by atoms with Crippen LogP contribution in [0.5, 0.6) is 0 Å². The summed E-state index contributed by atoms with van der Waals surface area (Å²) in [7, 11) is 1.92. The second-order valence-corrected chi connectivity index (χ2v) is 5.88. The standard InChI is InChI=1S/C14H26N2O/c1-7-10(8-2)12(17)11-9-16(6)15-13(11)14(3,4)5/h9-10,12,17H,7-8H2,1-6H3. The molecule has 0 saturated carbocycles. The fourth-order valence-corrected chi connectivity index (χ4v) is 2.30. The molecule has 1 rings (SSSR count). The fraction of sp³-hybridized carbons (Fsp3) is 0.786. The maximum Gasteiger partial charge on any atom is 0.0851 e. The molecule has 3 nitrogen and oxygen atoms in total. The van der Waals surface area contributed by atoms with Gasteiger partial charge >= 0.3 is 0 Å². The van der Waals surface area contributed by atoms with Crippen molar-refractivity contribution in [2.45, 2.75) is 59.0 Å². The van der Waals surface area contributed by atoms with Crippen LogP contribution in [0, 0.1) is 5.92 Å². The summed E-state index contributed by atoms with van der Waals surface area (Å²) in [5.74, 6) is 0.320. The molecule has 0 bridgehead atoms. The van der Waals surface area contributed by atoms with Crippen molar-refractivity contribution < 1.29 is 5.11 Å². The zero-order valence-electron chi connectivity index (χ0n) is 12.0. The van der Waals surface area contributed by atoms with E-state index in [0.717, 1.165) is 24.1 Å². The number of hydrogen-bond donors (Lipinski definition) is 1. The lowest BCUT2D eigenvalue weighted by atomic mass is 9.84. The zero-order chi connectivity index (χ0) is 13.2. The van der Waals surface area contributed by atoms with Gasteiger partial charge in [-0.25, -0.2) is 0 Å². The van der Waals surface area contributed by atoms with E-state index in [-0.39, 0.29) is 5.41 Å². The summed E-state index contributed by atoms with van der Waals surface area (Å²) >= 11 is 0. The molecule has 1 aromatic rings. The van der Waals surface area contributed by atoms with Gasteiger partial charge < -0.3 is 5.11 Å². The molecule has 3 heteroatoms. The Hall–Kier alpha value is -0.830. The molecule has 0 amide bonds. The monoisotopic (exact) mass is 238 g/mol. The molecule has 0 fully saturated rings. The molecule has 0 spiro atoms. The maximum absolute atomic E-state index is 10.5. The largest absolute Gasteiger partial charge is 0.388 e. The first-order chi connectivity index (χ1) is 7.81.